The fourth-order valence-corrected chi connectivity index (χ4v) is 3.29. The number of carbonyl (C=O) groups is 1. The number of nitrogen functional groups attached to an aromatic ring is 2. The standard InChI is InChI=1S/C17H20N6O3/c1-2-26-12-6-10-11(7-18)16(22-15(20)13(10)14(19)21-12)23-5-3-4-9(8-23)17(24)25/h6,9H,2-5,8H2,1H3,(H2,19,21)(H2,20,22)(H,24,25)/t9-/m1/s1. The van der Waals surface area contributed by atoms with Crippen molar-refractivity contribution < 1.29 is 14.6 Å². The average molecular weight is 356 g/mol. The molecule has 3 rings (SSSR count). The molecule has 0 bridgehead atoms. The van der Waals surface area contributed by atoms with Gasteiger partial charge in [0.25, 0.3) is 0 Å². The largest absolute Gasteiger partial charge is 0.481 e. The van der Waals surface area contributed by atoms with Gasteiger partial charge in [-0.15, -0.1) is 0 Å². The van der Waals surface area contributed by atoms with Crippen LogP contribution in [0, 0.1) is 17.2 Å². The Morgan fingerprint density at radius 1 is 1.46 bits per heavy atom. The number of rotatable bonds is 4. The summed E-state index contributed by atoms with van der Waals surface area (Å²) < 4.78 is 5.41. The van der Waals surface area contributed by atoms with E-state index in [0.29, 0.717) is 48.5 Å². The maximum atomic E-state index is 11.3. The highest BCUT2D eigenvalue weighted by Crippen LogP contribution is 2.36. The normalized spacial score (nSPS) is 17.1. The number of nitrogens with two attached hydrogens (primary N) is 2. The molecule has 1 aliphatic heterocycles. The minimum absolute atomic E-state index is 0.140. The SMILES string of the molecule is CCOc1cc2c(C#N)c(N3CCC[C@@H](C(=O)O)C3)nc(N)c2c(N)n1. The molecule has 0 aromatic carbocycles. The van der Waals surface area contributed by atoms with Gasteiger partial charge in [-0.3, -0.25) is 4.79 Å². The molecule has 0 amide bonds. The van der Waals surface area contributed by atoms with Gasteiger partial charge in [0.05, 0.1) is 17.9 Å². The van der Waals surface area contributed by atoms with E-state index in [0.717, 1.165) is 0 Å². The zero-order valence-electron chi connectivity index (χ0n) is 14.4. The van der Waals surface area contributed by atoms with Gasteiger partial charge in [-0.25, -0.2) is 4.98 Å². The van der Waals surface area contributed by atoms with Crippen LogP contribution in [-0.2, 0) is 4.79 Å². The number of hydrogen-bond acceptors (Lipinski definition) is 8. The number of nitrogens with zero attached hydrogens (tertiary/aromatic N) is 4. The summed E-state index contributed by atoms with van der Waals surface area (Å²) in [6, 6.07) is 3.78. The molecular weight excluding hydrogens is 336 g/mol. The van der Waals surface area contributed by atoms with Crippen molar-refractivity contribution in [3.05, 3.63) is 11.6 Å². The predicted molar refractivity (Wildman–Crippen MR) is 96.8 cm³/mol. The van der Waals surface area contributed by atoms with E-state index in [1.807, 2.05) is 6.92 Å². The number of nitriles is 1. The van der Waals surface area contributed by atoms with Crippen LogP contribution in [-0.4, -0.2) is 40.7 Å². The summed E-state index contributed by atoms with van der Waals surface area (Å²) in [7, 11) is 0. The number of fused-ring (bicyclic) bond motifs is 1. The molecule has 26 heavy (non-hydrogen) atoms. The number of carboxylic acids is 1. The molecule has 0 aliphatic carbocycles. The maximum Gasteiger partial charge on any atom is 0.308 e. The molecule has 5 N–H and O–H groups in total. The van der Waals surface area contributed by atoms with E-state index in [2.05, 4.69) is 16.0 Å². The van der Waals surface area contributed by atoms with Gasteiger partial charge in [-0.05, 0) is 19.8 Å². The second-order valence-electron chi connectivity index (χ2n) is 6.13. The smallest absolute Gasteiger partial charge is 0.308 e. The molecule has 9 heteroatoms. The number of pyridine rings is 2. The number of aromatic nitrogens is 2. The minimum atomic E-state index is -0.853. The lowest BCUT2D eigenvalue weighted by molar-refractivity contribution is -0.141. The van der Waals surface area contributed by atoms with Crippen LogP contribution in [0.2, 0.25) is 0 Å². The third-order valence-electron chi connectivity index (χ3n) is 4.47. The lowest BCUT2D eigenvalue weighted by Crippen LogP contribution is -2.39. The van der Waals surface area contributed by atoms with Gasteiger partial charge in [0, 0.05) is 24.5 Å². The van der Waals surface area contributed by atoms with Crippen molar-refractivity contribution in [2.75, 3.05) is 36.1 Å². The van der Waals surface area contributed by atoms with Crippen LogP contribution in [0.25, 0.3) is 10.8 Å². The topological polar surface area (TPSA) is 151 Å². The summed E-state index contributed by atoms with van der Waals surface area (Å²) in [4.78, 5) is 21.6. The number of piperidine rings is 1. The highest BCUT2D eigenvalue weighted by molar-refractivity contribution is 6.04. The van der Waals surface area contributed by atoms with Crippen molar-refractivity contribution in [1.82, 2.24) is 9.97 Å². The number of hydrogen-bond donors (Lipinski definition) is 3. The predicted octanol–water partition coefficient (Wildman–Crippen LogP) is 1.37. The molecule has 0 spiro atoms. The summed E-state index contributed by atoms with van der Waals surface area (Å²) in [5, 5.41) is 20.0. The second-order valence-corrected chi connectivity index (χ2v) is 6.13. The maximum absolute atomic E-state index is 11.3. The average Bonchev–Trinajstić information content (AvgIpc) is 2.61. The molecule has 0 radical (unpaired) electrons. The first-order chi connectivity index (χ1) is 12.5. The van der Waals surface area contributed by atoms with Gasteiger partial charge in [0.15, 0.2) is 0 Å². The van der Waals surface area contributed by atoms with Gasteiger partial charge < -0.3 is 26.2 Å². The van der Waals surface area contributed by atoms with Gasteiger partial charge in [0.1, 0.15) is 29.1 Å². The van der Waals surface area contributed by atoms with Crippen molar-refractivity contribution in [3.63, 3.8) is 0 Å². The summed E-state index contributed by atoms with van der Waals surface area (Å²) in [5.41, 5.74) is 12.4. The number of ether oxygens (including phenoxy) is 1. The fraction of sp³-hybridized carbons (Fsp3) is 0.412. The first-order valence-corrected chi connectivity index (χ1v) is 8.36. The molecule has 136 valence electrons. The molecule has 1 fully saturated rings. The third-order valence-corrected chi connectivity index (χ3v) is 4.47. The number of carboxylic acid groups (broad SMARTS) is 1. The van der Waals surface area contributed by atoms with Crippen LogP contribution in [0.15, 0.2) is 6.07 Å². The Labute approximate surface area is 150 Å². The van der Waals surface area contributed by atoms with E-state index in [1.54, 1.807) is 11.0 Å². The Morgan fingerprint density at radius 2 is 2.19 bits per heavy atom. The Kier molecular flexibility index (Phi) is 4.67. The first-order valence-electron chi connectivity index (χ1n) is 8.36. The second kappa shape index (κ2) is 6.92. The molecule has 0 saturated carbocycles. The Morgan fingerprint density at radius 3 is 2.85 bits per heavy atom. The zero-order chi connectivity index (χ0) is 18.8. The van der Waals surface area contributed by atoms with Crippen LogP contribution >= 0.6 is 0 Å². The molecule has 2 aromatic heterocycles. The van der Waals surface area contributed by atoms with E-state index >= 15 is 0 Å². The van der Waals surface area contributed by atoms with Crippen LogP contribution < -0.4 is 21.1 Å². The van der Waals surface area contributed by atoms with E-state index in [-0.39, 0.29) is 23.7 Å². The summed E-state index contributed by atoms with van der Waals surface area (Å²) in [6.45, 7) is 3.11. The van der Waals surface area contributed by atoms with Gasteiger partial charge >= 0.3 is 5.97 Å². The van der Waals surface area contributed by atoms with Crippen molar-refractivity contribution in [1.29, 1.82) is 5.26 Å². The minimum Gasteiger partial charge on any atom is -0.481 e. The van der Waals surface area contributed by atoms with E-state index < -0.39 is 11.9 Å². The lowest BCUT2D eigenvalue weighted by atomic mass is 9.97. The highest BCUT2D eigenvalue weighted by atomic mass is 16.5. The molecule has 2 aromatic rings. The van der Waals surface area contributed by atoms with Crippen molar-refractivity contribution in [2.45, 2.75) is 19.8 Å². The summed E-state index contributed by atoms with van der Waals surface area (Å²) in [6.07, 6.45) is 1.30. The lowest BCUT2D eigenvalue weighted by Gasteiger charge is -2.32. The van der Waals surface area contributed by atoms with Crippen LogP contribution in [0.5, 0.6) is 5.88 Å². The summed E-state index contributed by atoms with van der Waals surface area (Å²) in [5.74, 6) is -0.394. The molecule has 1 aliphatic rings. The molecule has 1 atom stereocenters. The number of aliphatic carboxylic acids is 1. The van der Waals surface area contributed by atoms with Crippen LogP contribution in [0.3, 0.4) is 0 Å². The summed E-state index contributed by atoms with van der Waals surface area (Å²) >= 11 is 0. The van der Waals surface area contributed by atoms with Crippen LogP contribution in [0.4, 0.5) is 17.5 Å². The van der Waals surface area contributed by atoms with E-state index in [4.69, 9.17) is 16.2 Å². The molecule has 0 unspecified atom stereocenters. The van der Waals surface area contributed by atoms with E-state index in [1.165, 1.54) is 0 Å². The highest BCUT2D eigenvalue weighted by Gasteiger charge is 2.29. The van der Waals surface area contributed by atoms with Crippen LogP contribution in [0.1, 0.15) is 25.3 Å². The van der Waals surface area contributed by atoms with Gasteiger partial charge in [-0.2, -0.15) is 10.2 Å². The molecule has 3 heterocycles. The monoisotopic (exact) mass is 356 g/mol. The number of anilines is 3. The van der Waals surface area contributed by atoms with Gasteiger partial charge in [-0.1, -0.05) is 0 Å². The Bertz CT molecular complexity index is 908. The molecule has 1 saturated heterocycles. The first kappa shape index (κ1) is 17.5. The molecular formula is C17H20N6O3. The quantitative estimate of drug-likeness (QED) is 0.737. The Hall–Kier alpha value is -3.28. The van der Waals surface area contributed by atoms with Crippen molar-refractivity contribution in [3.8, 4) is 11.9 Å². The fourth-order valence-electron chi connectivity index (χ4n) is 3.29. The van der Waals surface area contributed by atoms with Gasteiger partial charge in [0.2, 0.25) is 5.88 Å². The molecule has 9 nitrogen and oxygen atoms in total. The van der Waals surface area contributed by atoms with Crippen molar-refractivity contribution >= 4 is 34.2 Å². The van der Waals surface area contributed by atoms with Crippen molar-refractivity contribution in [2.24, 2.45) is 5.92 Å². The third kappa shape index (κ3) is 3.01. The van der Waals surface area contributed by atoms with E-state index in [9.17, 15) is 15.2 Å². The zero-order valence-corrected chi connectivity index (χ0v) is 14.4. The Balaban J connectivity index is 2.17.